The minimum Gasteiger partial charge on any atom is -0.379 e. The van der Waals surface area contributed by atoms with Gasteiger partial charge in [0.25, 0.3) is 0 Å². The maximum atomic E-state index is 12.0. The fourth-order valence-electron chi connectivity index (χ4n) is 2.86. The van der Waals surface area contributed by atoms with Crippen LogP contribution in [0.15, 0.2) is 0 Å². The summed E-state index contributed by atoms with van der Waals surface area (Å²) < 4.78 is 10.7. The molecule has 0 bridgehead atoms. The molecule has 2 N–H and O–H groups in total. The summed E-state index contributed by atoms with van der Waals surface area (Å²) >= 11 is 0. The summed E-state index contributed by atoms with van der Waals surface area (Å²) in [6.07, 6.45) is 4.00. The Labute approximate surface area is 156 Å². The fourth-order valence-corrected chi connectivity index (χ4v) is 2.86. The van der Waals surface area contributed by atoms with Gasteiger partial charge in [0.2, 0.25) is 11.8 Å². The number of carbonyl (C=O) groups excluding carboxylic acids is 3. The van der Waals surface area contributed by atoms with Crippen LogP contribution in [0.3, 0.4) is 0 Å². The summed E-state index contributed by atoms with van der Waals surface area (Å²) in [5.74, 6) is -0.0841. The minimum absolute atomic E-state index is 0.0174. The Kier molecular flexibility index (Phi) is 11.1. The van der Waals surface area contributed by atoms with Gasteiger partial charge in [0.15, 0.2) is 5.78 Å². The van der Waals surface area contributed by atoms with Crippen molar-refractivity contribution in [1.29, 1.82) is 0 Å². The zero-order chi connectivity index (χ0) is 19.4. The van der Waals surface area contributed by atoms with E-state index in [1.54, 1.807) is 6.92 Å². The molecule has 7 nitrogen and oxygen atoms in total. The first kappa shape index (κ1) is 22.6. The van der Waals surface area contributed by atoms with Crippen LogP contribution in [0.1, 0.15) is 59.3 Å². The highest BCUT2D eigenvalue weighted by molar-refractivity contribution is 5.86. The molecule has 0 unspecified atom stereocenters. The van der Waals surface area contributed by atoms with Crippen LogP contribution in [0.2, 0.25) is 0 Å². The van der Waals surface area contributed by atoms with E-state index in [0.29, 0.717) is 32.7 Å². The molecular formula is C19H34N2O5. The predicted molar refractivity (Wildman–Crippen MR) is 98.7 cm³/mol. The van der Waals surface area contributed by atoms with Crippen molar-refractivity contribution in [1.82, 2.24) is 10.6 Å². The van der Waals surface area contributed by atoms with Crippen LogP contribution in [0.4, 0.5) is 0 Å². The lowest BCUT2D eigenvalue weighted by Gasteiger charge is -2.28. The van der Waals surface area contributed by atoms with Crippen molar-refractivity contribution in [3.05, 3.63) is 0 Å². The average molecular weight is 370 g/mol. The van der Waals surface area contributed by atoms with E-state index < -0.39 is 0 Å². The van der Waals surface area contributed by atoms with Gasteiger partial charge in [-0.25, -0.2) is 0 Å². The van der Waals surface area contributed by atoms with Crippen molar-refractivity contribution < 1.29 is 23.9 Å². The second-order valence-corrected chi connectivity index (χ2v) is 7.01. The van der Waals surface area contributed by atoms with Gasteiger partial charge in [0.05, 0.1) is 32.5 Å². The molecule has 0 spiro atoms. The summed E-state index contributed by atoms with van der Waals surface area (Å²) in [5, 5.41) is 5.72. The van der Waals surface area contributed by atoms with Crippen LogP contribution < -0.4 is 10.6 Å². The molecule has 0 heterocycles. The Hall–Kier alpha value is -1.47. The quantitative estimate of drug-likeness (QED) is 0.509. The van der Waals surface area contributed by atoms with Crippen LogP contribution in [-0.4, -0.2) is 56.1 Å². The highest BCUT2D eigenvalue weighted by atomic mass is 16.5. The lowest BCUT2D eigenvalue weighted by Crippen LogP contribution is -2.41. The lowest BCUT2D eigenvalue weighted by atomic mass is 9.85. The van der Waals surface area contributed by atoms with E-state index >= 15 is 0 Å². The highest BCUT2D eigenvalue weighted by Gasteiger charge is 2.27. The first-order valence-corrected chi connectivity index (χ1v) is 9.70. The van der Waals surface area contributed by atoms with Crippen LogP contribution in [0.5, 0.6) is 0 Å². The summed E-state index contributed by atoms with van der Waals surface area (Å²) in [4.78, 5) is 35.2. The SMILES string of the molecule is CCC(=O)CNC(=O)C1CCC(NC(=O)CCOCCOC(C)C)CC1. The molecule has 2 amide bonds. The maximum Gasteiger partial charge on any atom is 0.223 e. The molecule has 0 aromatic carbocycles. The van der Waals surface area contributed by atoms with E-state index in [9.17, 15) is 14.4 Å². The van der Waals surface area contributed by atoms with Gasteiger partial charge in [-0.1, -0.05) is 6.92 Å². The van der Waals surface area contributed by atoms with E-state index in [1.165, 1.54) is 0 Å². The third-order valence-electron chi connectivity index (χ3n) is 4.47. The molecule has 0 aliphatic heterocycles. The molecule has 0 radical (unpaired) electrons. The molecule has 0 aromatic heterocycles. The normalized spacial score (nSPS) is 20.0. The highest BCUT2D eigenvalue weighted by Crippen LogP contribution is 2.24. The monoisotopic (exact) mass is 370 g/mol. The average Bonchev–Trinajstić information content (AvgIpc) is 2.62. The number of rotatable bonds is 12. The van der Waals surface area contributed by atoms with Crippen molar-refractivity contribution in [3.63, 3.8) is 0 Å². The number of ketones is 1. The van der Waals surface area contributed by atoms with Crippen molar-refractivity contribution in [2.24, 2.45) is 5.92 Å². The molecule has 0 aromatic rings. The van der Waals surface area contributed by atoms with E-state index in [4.69, 9.17) is 9.47 Å². The van der Waals surface area contributed by atoms with Crippen molar-refractivity contribution in [3.8, 4) is 0 Å². The maximum absolute atomic E-state index is 12.0. The lowest BCUT2D eigenvalue weighted by molar-refractivity contribution is -0.128. The van der Waals surface area contributed by atoms with Crippen molar-refractivity contribution in [2.45, 2.75) is 71.4 Å². The standard InChI is InChI=1S/C19H34N2O5/c1-4-17(22)13-20-19(24)15-5-7-16(8-6-15)21-18(23)9-10-25-11-12-26-14(2)3/h14-16H,4-13H2,1-3H3,(H,20,24)(H,21,23). The topological polar surface area (TPSA) is 93.7 Å². The number of amides is 2. The Morgan fingerprint density at radius 3 is 2.35 bits per heavy atom. The van der Waals surface area contributed by atoms with Gasteiger partial charge in [0.1, 0.15) is 0 Å². The number of carbonyl (C=O) groups is 3. The molecule has 1 fully saturated rings. The van der Waals surface area contributed by atoms with Gasteiger partial charge in [-0.3, -0.25) is 14.4 Å². The van der Waals surface area contributed by atoms with Crippen LogP contribution in [-0.2, 0) is 23.9 Å². The molecule has 1 saturated carbocycles. The minimum atomic E-state index is -0.0582. The smallest absolute Gasteiger partial charge is 0.223 e. The third kappa shape index (κ3) is 9.87. The van der Waals surface area contributed by atoms with Crippen LogP contribution in [0, 0.1) is 5.92 Å². The molecule has 7 heteroatoms. The molecular weight excluding hydrogens is 336 g/mol. The second-order valence-electron chi connectivity index (χ2n) is 7.01. The summed E-state index contributed by atoms with van der Waals surface area (Å²) in [6, 6.07) is 0.119. The summed E-state index contributed by atoms with van der Waals surface area (Å²) in [7, 11) is 0. The van der Waals surface area contributed by atoms with Gasteiger partial charge in [-0.15, -0.1) is 0 Å². The molecule has 1 rings (SSSR count). The predicted octanol–water partition coefficient (Wildman–Crippen LogP) is 1.59. The largest absolute Gasteiger partial charge is 0.379 e. The van der Waals surface area contributed by atoms with E-state index in [1.807, 2.05) is 13.8 Å². The zero-order valence-corrected chi connectivity index (χ0v) is 16.3. The Morgan fingerprint density at radius 2 is 1.73 bits per heavy atom. The van der Waals surface area contributed by atoms with Crippen LogP contribution in [0.25, 0.3) is 0 Å². The van der Waals surface area contributed by atoms with E-state index in [0.717, 1.165) is 25.7 Å². The molecule has 26 heavy (non-hydrogen) atoms. The van der Waals surface area contributed by atoms with E-state index in [2.05, 4.69) is 10.6 Å². The number of Topliss-reactive ketones (excluding diaryl/α,β-unsaturated/α-hetero) is 1. The Balaban J connectivity index is 2.10. The van der Waals surface area contributed by atoms with Crippen molar-refractivity contribution >= 4 is 17.6 Å². The second kappa shape index (κ2) is 12.8. The van der Waals surface area contributed by atoms with Gasteiger partial charge < -0.3 is 20.1 Å². The Bertz CT molecular complexity index is 445. The molecule has 0 saturated heterocycles. The molecule has 0 atom stereocenters. The molecule has 1 aliphatic rings. The number of nitrogens with one attached hydrogen (secondary N) is 2. The first-order valence-electron chi connectivity index (χ1n) is 9.70. The van der Waals surface area contributed by atoms with Gasteiger partial charge in [0, 0.05) is 24.8 Å². The van der Waals surface area contributed by atoms with Crippen LogP contribution >= 0.6 is 0 Å². The molecule has 150 valence electrons. The number of hydrogen-bond acceptors (Lipinski definition) is 5. The fraction of sp³-hybridized carbons (Fsp3) is 0.842. The first-order chi connectivity index (χ1) is 12.4. The van der Waals surface area contributed by atoms with Crippen molar-refractivity contribution in [2.75, 3.05) is 26.4 Å². The summed E-state index contributed by atoms with van der Waals surface area (Å²) in [6.45, 7) is 7.26. The van der Waals surface area contributed by atoms with Gasteiger partial charge in [-0.05, 0) is 39.5 Å². The van der Waals surface area contributed by atoms with E-state index in [-0.39, 0.29) is 42.2 Å². The number of ether oxygens (including phenoxy) is 2. The third-order valence-corrected chi connectivity index (χ3v) is 4.47. The summed E-state index contributed by atoms with van der Waals surface area (Å²) in [5.41, 5.74) is 0. The number of hydrogen-bond donors (Lipinski definition) is 2. The zero-order valence-electron chi connectivity index (χ0n) is 16.3. The molecule has 1 aliphatic carbocycles. The Morgan fingerprint density at radius 1 is 1.04 bits per heavy atom. The van der Waals surface area contributed by atoms with Gasteiger partial charge >= 0.3 is 0 Å². The van der Waals surface area contributed by atoms with Gasteiger partial charge in [-0.2, -0.15) is 0 Å².